The van der Waals surface area contributed by atoms with Gasteiger partial charge < -0.3 is 4.74 Å². The number of anilines is 1. The molecule has 0 aromatic heterocycles. The van der Waals surface area contributed by atoms with Crippen molar-refractivity contribution < 1.29 is 14.3 Å². The number of hydrogen-bond donors (Lipinski definition) is 0. The molecule has 2 heterocycles. The van der Waals surface area contributed by atoms with Crippen molar-refractivity contribution in [3.8, 4) is 5.75 Å². The lowest BCUT2D eigenvalue weighted by Gasteiger charge is -2.21. The van der Waals surface area contributed by atoms with Crippen LogP contribution in [0.25, 0.3) is 0 Å². The molecular weight excluding hydrogens is 391 g/mol. The standard InChI is InChI=1S/C18H14Cl2N4O3/c1-27-14-7-6-12(8-13(14)20)24-17(25)15-16(18(24)26)23(22-21-15)9-10-2-4-11(19)5-3-10/h2-8,15-16H,9H2,1H3/t15-,16+/m1/s1. The van der Waals surface area contributed by atoms with Crippen molar-refractivity contribution in [3.05, 3.63) is 58.1 Å². The first kappa shape index (κ1) is 17.8. The highest BCUT2D eigenvalue weighted by molar-refractivity contribution is 6.33. The molecular formula is C18H14Cl2N4O3. The Bertz CT molecular complexity index is 948. The molecule has 1 fully saturated rings. The van der Waals surface area contributed by atoms with Crippen LogP contribution < -0.4 is 9.64 Å². The molecule has 27 heavy (non-hydrogen) atoms. The number of halogens is 2. The molecule has 4 rings (SSSR count). The Labute approximate surface area is 165 Å². The largest absolute Gasteiger partial charge is 0.495 e. The van der Waals surface area contributed by atoms with E-state index < -0.39 is 18.0 Å². The van der Waals surface area contributed by atoms with E-state index in [9.17, 15) is 9.59 Å². The van der Waals surface area contributed by atoms with Gasteiger partial charge in [-0.3, -0.25) is 14.6 Å². The van der Waals surface area contributed by atoms with Crippen LogP contribution in [0.2, 0.25) is 10.0 Å². The van der Waals surface area contributed by atoms with Gasteiger partial charge in [0, 0.05) is 5.02 Å². The smallest absolute Gasteiger partial charge is 0.263 e. The van der Waals surface area contributed by atoms with E-state index in [1.807, 2.05) is 12.1 Å². The maximum Gasteiger partial charge on any atom is 0.263 e. The molecule has 2 aromatic rings. The zero-order valence-corrected chi connectivity index (χ0v) is 15.7. The van der Waals surface area contributed by atoms with Gasteiger partial charge in [0.1, 0.15) is 5.75 Å². The monoisotopic (exact) mass is 404 g/mol. The predicted octanol–water partition coefficient (Wildman–Crippen LogP) is 3.50. The lowest BCUT2D eigenvalue weighted by atomic mass is 10.1. The summed E-state index contributed by atoms with van der Waals surface area (Å²) in [6, 6.07) is 10.3. The van der Waals surface area contributed by atoms with Crippen molar-refractivity contribution in [1.82, 2.24) is 5.01 Å². The summed E-state index contributed by atoms with van der Waals surface area (Å²) in [6.07, 6.45) is 0. The summed E-state index contributed by atoms with van der Waals surface area (Å²) in [4.78, 5) is 26.8. The molecule has 2 aliphatic heterocycles. The van der Waals surface area contributed by atoms with E-state index in [-0.39, 0.29) is 5.91 Å². The van der Waals surface area contributed by atoms with Crippen molar-refractivity contribution in [3.63, 3.8) is 0 Å². The van der Waals surface area contributed by atoms with E-state index in [4.69, 9.17) is 27.9 Å². The fraction of sp³-hybridized carbons (Fsp3) is 0.222. The number of methoxy groups -OCH3 is 1. The SMILES string of the molecule is COc1ccc(N2C(=O)[C@@H]3[C@@H](N=NN3Cc3ccc(Cl)cc3)C2=O)cc1Cl. The number of nitrogens with zero attached hydrogens (tertiary/aromatic N) is 4. The molecule has 0 spiro atoms. The van der Waals surface area contributed by atoms with Crippen LogP contribution in [-0.4, -0.2) is 36.0 Å². The second kappa shape index (κ2) is 6.83. The molecule has 0 unspecified atom stereocenters. The second-order valence-electron chi connectivity index (χ2n) is 6.15. The van der Waals surface area contributed by atoms with E-state index in [1.165, 1.54) is 18.2 Å². The first-order valence-corrected chi connectivity index (χ1v) is 8.88. The number of carbonyl (C=O) groups is 2. The Morgan fingerprint density at radius 1 is 1.07 bits per heavy atom. The Morgan fingerprint density at radius 2 is 1.81 bits per heavy atom. The molecule has 7 nitrogen and oxygen atoms in total. The number of imide groups is 1. The summed E-state index contributed by atoms with van der Waals surface area (Å²) in [5.74, 6) is -0.345. The Balaban J connectivity index is 1.59. The van der Waals surface area contributed by atoms with Crippen molar-refractivity contribution >= 4 is 40.7 Å². The summed E-state index contributed by atoms with van der Waals surface area (Å²) in [5, 5.41) is 10.5. The predicted molar refractivity (Wildman–Crippen MR) is 99.9 cm³/mol. The van der Waals surface area contributed by atoms with Gasteiger partial charge in [-0.1, -0.05) is 40.6 Å². The van der Waals surface area contributed by atoms with E-state index in [1.54, 1.807) is 24.3 Å². The van der Waals surface area contributed by atoms with Gasteiger partial charge in [0.05, 0.1) is 24.4 Å². The molecule has 2 aromatic carbocycles. The van der Waals surface area contributed by atoms with Crippen LogP contribution in [0, 0.1) is 0 Å². The van der Waals surface area contributed by atoms with Crippen LogP contribution in [0.1, 0.15) is 5.56 Å². The molecule has 2 amide bonds. The molecule has 138 valence electrons. The van der Waals surface area contributed by atoms with Crippen molar-refractivity contribution in [2.75, 3.05) is 12.0 Å². The van der Waals surface area contributed by atoms with Gasteiger partial charge in [-0.05, 0) is 35.9 Å². The first-order valence-electron chi connectivity index (χ1n) is 8.13. The van der Waals surface area contributed by atoms with E-state index in [0.717, 1.165) is 10.5 Å². The third kappa shape index (κ3) is 3.02. The third-order valence-corrected chi connectivity index (χ3v) is 5.06. The molecule has 2 atom stereocenters. The van der Waals surface area contributed by atoms with Gasteiger partial charge in [-0.25, -0.2) is 4.90 Å². The van der Waals surface area contributed by atoms with Crippen LogP contribution in [0.4, 0.5) is 5.69 Å². The van der Waals surface area contributed by atoms with Crippen LogP contribution in [-0.2, 0) is 16.1 Å². The Hall–Kier alpha value is -2.64. The maximum atomic E-state index is 13.0. The normalized spacial score (nSPS) is 21.1. The number of ether oxygens (including phenoxy) is 1. The third-order valence-electron chi connectivity index (χ3n) is 4.51. The van der Waals surface area contributed by atoms with Crippen LogP contribution >= 0.6 is 23.2 Å². The number of amides is 2. The number of carbonyl (C=O) groups excluding carboxylic acids is 2. The Kier molecular flexibility index (Phi) is 4.49. The fourth-order valence-corrected chi connectivity index (χ4v) is 3.56. The highest BCUT2D eigenvalue weighted by Gasteiger charge is 2.54. The molecule has 2 aliphatic rings. The minimum Gasteiger partial charge on any atom is -0.495 e. The summed E-state index contributed by atoms with van der Waals surface area (Å²) < 4.78 is 5.11. The molecule has 9 heteroatoms. The summed E-state index contributed by atoms with van der Waals surface area (Å²) >= 11 is 12.0. The van der Waals surface area contributed by atoms with Gasteiger partial charge >= 0.3 is 0 Å². The molecule has 0 N–H and O–H groups in total. The van der Waals surface area contributed by atoms with Gasteiger partial charge in [-0.2, -0.15) is 5.11 Å². The highest BCUT2D eigenvalue weighted by atomic mass is 35.5. The second-order valence-corrected chi connectivity index (χ2v) is 6.99. The molecule has 0 saturated carbocycles. The summed E-state index contributed by atoms with van der Waals surface area (Å²) in [6.45, 7) is 0.345. The van der Waals surface area contributed by atoms with Crippen LogP contribution in [0.3, 0.4) is 0 Å². The van der Waals surface area contributed by atoms with Crippen LogP contribution in [0.5, 0.6) is 5.75 Å². The average Bonchev–Trinajstić information content (AvgIpc) is 3.17. The van der Waals surface area contributed by atoms with Gasteiger partial charge in [0.25, 0.3) is 11.8 Å². The average molecular weight is 405 g/mol. The zero-order valence-electron chi connectivity index (χ0n) is 14.2. The highest BCUT2D eigenvalue weighted by Crippen LogP contribution is 2.35. The maximum absolute atomic E-state index is 13.0. The number of hydrogen-bond acceptors (Lipinski definition) is 6. The van der Waals surface area contributed by atoms with Crippen LogP contribution in [0.15, 0.2) is 52.8 Å². The van der Waals surface area contributed by atoms with Crippen molar-refractivity contribution in [2.24, 2.45) is 10.3 Å². The number of benzene rings is 2. The quantitative estimate of drug-likeness (QED) is 0.730. The zero-order chi connectivity index (χ0) is 19.1. The van der Waals surface area contributed by atoms with Crippen molar-refractivity contribution in [2.45, 2.75) is 18.6 Å². The topological polar surface area (TPSA) is 74.6 Å². The Morgan fingerprint density at radius 3 is 2.48 bits per heavy atom. The number of fused-ring (bicyclic) bond motifs is 1. The van der Waals surface area contributed by atoms with Crippen molar-refractivity contribution in [1.29, 1.82) is 0 Å². The molecule has 1 saturated heterocycles. The minimum atomic E-state index is -0.856. The summed E-state index contributed by atoms with van der Waals surface area (Å²) in [5.41, 5.74) is 1.29. The summed E-state index contributed by atoms with van der Waals surface area (Å²) in [7, 11) is 1.49. The van der Waals surface area contributed by atoms with E-state index in [0.29, 0.717) is 28.0 Å². The van der Waals surface area contributed by atoms with Gasteiger partial charge in [-0.15, -0.1) is 0 Å². The fourth-order valence-electron chi connectivity index (χ4n) is 3.18. The van der Waals surface area contributed by atoms with Gasteiger partial charge in [0.2, 0.25) is 0 Å². The first-order chi connectivity index (χ1) is 13.0. The lowest BCUT2D eigenvalue weighted by molar-refractivity contribution is -0.123. The van der Waals surface area contributed by atoms with Gasteiger partial charge in [0.15, 0.2) is 12.1 Å². The molecule has 0 aliphatic carbocycles. The number of rotatable bonds is 4. The van der Waals surface area contributed by atoms with E-state index >= 15 is 0 Å². The molecule has 0 radical (unpaired) electrons. The minimum absolute atomic E-state index is 0.312. The lowest BCUT2D eigenvalue weighted by Crippen LogP contribution is -2.39. The van der Waals surface area contributed by atoms with E-state index in [2.05, 4.69) is 10.3 Å². The molecule has 0 bridgehead atoms.